The lowest BCUT2D eigenvalue weighted by Crippen LogP contribution is -2.44. The molecule has 5 atom stereocenters. The smallest absolute Gasteiger partial charge is 0.295 e. The number of aldehydes is 1. The van der Waals surface area contributed by atoms with Gasteiger partial charge in [0, 0.05) is 46.5 Å². The molecule has 206 valence electrons. The fraction of sp³-hybridized carbons (Fsp3) is 0.419. The number of halogens is 2. The van der Waals surface area contributed by atoms with Crippen LogP contribution in [0.1, 0.15) is 32.1 Å². The van der Waals surface area contributed by atoms with Crippen molar-refractivity contribution < 1.29 is 18.3 Å². The van der Waals surface area contributed by atoms with E-state index in [2.05, 4.69) is 22.9 Å². The Labute approximate surface area is 232 Å². The number of carbonyl (C=O) groups is 1. The van der Waals surface area contributed by atoms with Gasteiger partial charge in [0.2, 0.25) is 0 Å². The van der Waals surface area contributed by atoms with Crippen LogP contribution in [0.4, 0.5) is 8.78 Å². The van der Waals surface area contributed by atoms with Gasteiger partial charge in [-0.25, -0.2) is 4.72 Å². The number of benzene rings is 2. The van der Waals surface area contributed by atoms with Crippen LogP contribution >= 0.6 is 11.9 Å². The lowest BCUT2D eigenvalue weighted by atomic mass is 9.98. The highest BCUT2D eigenvalue weighted by atomic mass is 32.2. The molecule has 6 rings (SSSR count). The monoisotopic (exact) mass is 551 g/mol. The van der Waals surface area contributed by atoms with Crippen molar-refractivity contribution in [3.63, 3.8) is 0 Å². The summed E-state index contributed by atoms with van der Waals surface area (Å²) in [6.45, 7) is 6.82. The molecule has 0 aliphatic heterocycles. The Hall–Kier alpha value is -2.81. The van der Waals surface area contributed by atoms with Gasteiger partial charge in [-0.15, -0.1) is 0 Å². The molecule has 4 aliphatic carbocycles. The Kier molecular flexibility index (Phi) is 7.82. The Balaban J connectivity index is 0.000000281. The van der Waals surface area contributed by atoms with E-state index in [0.717, 1.165) is 70.2 Å². The van der Waals surface area contributed by atoms with Crippen LogP contribution in [0.25, 0.3) is 10.8 Å². The summed E-state index contributed by atoms with van der Waals surface area (Å²) in [7, 11) is 1.89. The molecule has 4 aliphatic rings. The molecule has 5 unspecified atom stereocenters. The third-order valence-electron chi connectivity index (χ3n) is 8.55. The highest BCUT2D eigenvalue weighted by Gasteiger charge is 2.88. The maximum Gasteiger partial charge on any atom is 0.295 e. The molecule has 0 heterocycles. The predicted octanol–water partition coefficient (Wildman–Crippen LogP) is 6.29. The lowest BCUT2D eigenvalue weighted by Gasteiger charge is -2.24. The third-order valence-corrected chi connectivity index (χ3v) is 9.41. The van der Waals surface area contributed by atoms with Gasteiger partial charge in [0.25, 0.3) is 5.92 Å². The number of carbonyl (C=O) groups excluding carboxylic acids is 1. The minimum absolute atomic E-state index is 0.209. The second-order valence-electron chi connectivity index (χ2n) is 10.7. The molecular formula is C31H35F2N3O2S. The van der Waals surface area contributed by atoms with E-state index >= 15 is 0 Å². The van der Waals surface area contributed by atoms with Crippen molar-refractivity contribution in [1.29, 1.82) is 0 Å². The summed E-state index contributed by atoms with van der Waals surface area (Å²) in [5.74, 6) is -0.997. The van der Waals surface area contributed by atoms with Crippen LogP contribution in [0, 0.1) is 17.3 Å². The number of ether oxygens (including phenoxy) is 1. The highest BCUT2D eigenvalue weighted by molar-refractivity contribution is 7.97. The van der Waals surface area contributed by atoms with Crippen molar-refractivity contribution in [2.45, 2.75) is 61.1 Å². The zero-order chi connectivity index (χ0) is 27.8. The standard InChI is InChI=1S/C24H25F2NO2S.C7H10N2/c1-3-7-19(4-2)24(25,26)23(16-28)27-30-22-13-11-17-14-21(12-10-18(17)15-22)29-20-8-5-6-9-20;1-9-5-3-2-7(3)4(5)6(7)8/h3-4,7,10-16,20,23,27H,1-2,5-6,8-9H2;3-4,6H,2,8H2,1H3/b19-7+;. The summed E-state index contributed by atoms with van der Waals surface area (Å²) in [5.41, 5.74) is 7.52. The third kappa shape index (κ3) is 5.10. The number of nitrogens with zero attached hydrogens (tertiary/aromatic N) is 1. The Morgan fingerprint density at radius 2 is 1.95 bits per heavy atom. The Bertz CT molecular complexity index is 1340. The number of rotatable bonds is 10. The highest BCUT2D eigenvalue weighted by Crippen LogP contribution is 2.84. The summed E-state index contributed by atoms with van der Waals surface area (Å²) in [6.07, 6.45) is 9.89. The number of allylic oxidation sites excluding steroid dienone is 3. The predicted molar refractivity (Wildman–Crippen MR) is 154 cm³/mol. The minimum atomic E-state index is -3.41. The molecule has 39 heavy (non-hydrogen) atoms. The first-order valence-electron chi connectivity index (χ1n) is 13.4. The molecule has 1 spiro atoms. The van der Waals surface area contributed by atoms with Crippen LogP contribution in [0.5, 0.6) is 5.75 Å². The van der Waals surface area contributed by atoms with Gasteiger partial charge in [0.1, 0.15) is 18.1 Å². The van der Waals surface area contributed by atoms with Gasteiger partial charge in [0.15, 0.2) is 0 Å². The first-order chi connectivity index (χ1) is 18.8. The van der Waals surface area contributed by atoms with Crippen LogP contribution in [0.2, 0.25) is 0 Å². The SMILES string of the molecule is C=C/C=C(\C=C)C(F)(F)C(C=O)NSc1ccc2cc(OC3CCCC3)ccc2c1.CN=C1C2CC23C(N)C13. The van der Waals surface area contributed by atoms with Gasteiger partial charge in [-0.1, -0.05) is 43.5 Å². The van der Waals surface area contributed by atoms with Gasteiger partial charge in [-0.2, -0.15) is 8.78 Å². The molecule has 0 aromatic heterocycles. The number of hydrogen-bond donors (Lipinski definition) is 2. The molecule has 2 aromatic rings. The summed E-state index contributed by atoms with van der Waals surface area (Å²) >= 11 is 0.991. The maximum atomic E-state index is 14.6. The number of fused-ring (bicyclic) bond motifs is 1. The molecule has 0 bridgehead atoms. The fourth-order valence-electron chi connectivity index (χ4n) is 6.23. The molecule has 4 saturated carbocycles. The molecule has 8 heteroatoms. The Morgan fingerprint density at radius 3 is 2.51 bits per heavy atom. The lowest BCUT2D eigenvalue weighted by molar-refractivity contribution is -0.115. The molecule has 0 amide bonds. The molecule has 2 aromatic carbocycles. The van der Waals surface area contributed by atoms with E-state index in [1.807, 2.05) is 43.4 Å². The Morgan fingerprint density at radius 1 is 1.23 bits per heavy atom. The first kappa shape index (κ1) is 27.7. The molecule has 0 radical (unpaired) electrons. The topological polar surface area (TPSA) is 76.7 Å². The quantitative estimate of drug-likeness (QED) is 0.206. The van der Waals surface area contributed by atoms with Crippen LogP contribution in [0.15, 0.2) is 83.2 Å². The largest absolute Gasteiger partial charge is 0.490 e. The van der Waals surface area contributed by atoms with Crippen LogP contribution < -0.4 is 15.2 Å². The van der Waals surface area contributed by atoms with Crippen LogP contribution in [-0.2, 0) is 4.79 Å². The van der Waals surface area contributed by atoms with Crippen molar-refractivity contribution in [3.05, 3.63) is 73.4 Å². The van der Waals surface area contributed by atoms with Gasteiger partial charge in [-0.05, 0) is 79.1 Å². The van der Waals surface area contributed by atoms with Gasteiger partial charge in [0.05, 0.1) is 6.10 Å². The number of nitrogens with one attached hydrogen (secondary N) is 1. The fourth-order valence-corrected chi connectivity index (χ4v) is 7.02. The zero-order valence-electron chi connectivity index (χ0n) is 22.1. The van der Waals surface area contributed by atoms with E-state index in [0.29, 0.717) is 17.6 Å². The van der Waals surface area contributed by atoms with E-state index in [-0.39, 0.29) is 11.9 Å². The van der Waals surface area contributed by atoms with E-state index in [1.54, 1.807) is 0 Å². The summed E-state index contributed by atoms with van der Waals surface area (Å²) in [4.78, 5) is 16.3. The molecule has 5 nitrogen and oxygen atoms in total. The number of alkyl halides is 2. The number of nitrogens with two attached hydrogens (primary N) is 1. The van der Waals surface area contributed by atoms with Gasteiger partial charge in [-0.3, -0.25) is 4.99 Å². The minimum Gasteiger partial charge on any atom is -0.490 e. The van der Waals surface area contributed by atoms with Crippen molar-refractivity contribution in [2.24, 2.45) is 28.0 Å². The van der Waals surface area contributed by atoms with Gasteiger partial charge >= 0.3 is 0 Å². The van der Waals surface area contributed by atoms with Crippen LogP contribution in [0.3, 0.4) is 0 Å². The normalized spacial score (nSPS) is 28.9. The van der Waals surface area contributed by atoms with E-state index in [9.17, 15) is 13.6 Å². The molecule has 3 N–H and O–H groups in total. The summed E-state index contributed by atoms with van der Waals surface area (Å²) in [6, 6.07) is 10.3. The van der Waals surface area contributed by atoms with E-state index < -0.39 is 12.0 Å². The van der Waals surface area contributed by atoms with Crippen molar-refractivity contribution >= 4 is 34.7 Å². The van der Waals surface area contributed by atoms with E-state index in [4.69, 9.17) is 10.5 Å². The van der Waals surface area contributed by atoms with E-state index in [1.165, 1.54) is 31.1 Å². The number of hydrogen-bond acceptors (Lipinski definition) is 6. The molecule has 0 saturated heterocycles. The van der Waals surface area contributed by atoms with Crippen LogP contribution in [-0.4, -0.2) is 43.2 Å². The second kappa shape index (κ2) is 11.0. The van der Waals surface area contributed by atoms with Crippen molar-refractivity contribution in [1.82, 2.24) is 4.72 Å². The zero-order valence-corrected chi connectivity index (χ0v) is 22.9. The van der Waals surface area contributed by atoms with Crippen molar-refractivity contribution in [2.75, 3.05) is 7.05 Å². The first-order valence-corrected chi connectivity index (χ1v) is 14.3. The summed E-state index contributed by atoms with van der Waals surface area (Å²) in [5, 5.41) is 1.98. The summed E-state index contributed by atoms with van der Waals surface area (Å²) < 4.78 is 37.8. The average molecular weight is 552 g/mol. The maximum absolute atomic E-state index is 14.6. The molecule has 4 fully saturated rings. The van der Waals surface area contributed by atoms with Crippen molar-refractivity contribution in [3.8, 4) is 5.75 Å². The second-order valence-corrected chi connectivity index (χ2v) is 11.6. The van der Waals surface area contributed by atoms with Gasteiger partial charge < -0.3 is 15.3 Å². The molecular weight excluding hydrogens is 516 g/mol. The number of aliphatic imine (C=N–C) groups is 1. The average Bonchev–Trinajstić information content (AvgIpc) is 3.55.